The molecule has 0 amide bonds. The van der Waals surface area contributed by atoms with Gasteiger partial charge in [0.25, 0.3) is 0 Å². The van der Waals surface area contributed by atoms with E-state index in [1.165, 1.54) is 0 Å². The monoisotopic (exact) mass is 268 g/mol. The molecule has 100 valence electrons. The van der Waals surface area contributed by atoms with Crippen LogP contribution in [-0.2, 0) is 17.3 Å². The highest BCUT2D eigenvalue weighted by Gasteiger charge is 2.19. The summed E-state index contributed by atoms with van der Waals surface area (Å²) in [5.74, 6) is 3.27. The largest absolute Gasteiger partial charge is 0.354 e. The molecule has 0 aliphatic carbocycles. The second-order valence-corrected chi connectivity index (χ2v) is 6.08. The first-order valence-electron chi connectivity index (χ1n) is 6.34. The zero-order valence-electron chi connectivity index (χ0n) is 11.0. The predicted octanol–water partition coefficient (Wildman–Crippen LogP) is 0.463. The molecule has 0 radical (unpaired) electrons. The van der Waals surface area contributed by atoms with Gasteiger partial charge in [0.15, 0.2) is 0 Å². The molecule has 1 aliphatic heterocycles. The molecule has 1 aromatic heterocycles. The second-order valence-electron chi connectivity index (χ2n) is 4.38. The Hall–Kier alpha value is -1.01. The Bertz CT molecular complexity index is 428. The average Bonchev–Trinajstić information content (AvgIpc) is 2.38. The van der Waals surface area contributed by atoms with Gasteiger partial charge in [0.05, 0.1) is 0 Å². The minimum atomic E-state index is -0.653. The van der Waals surface area contributed by atoms with Gasteiger partial charge in [-0.2, -0.15) is 0 Å². The maximum Gasteiger partial charge on any atom is 0.136 e. The first-order valence-corrected chi connectivity index (χ1v) is 7.82. The van der Waals surface area contributed by atoms with Crippen LogP contribution in [0.15, 0.2) is 6.20 Å². The number of hydrogen-bond donors (Lipinski definition) is 1. The third-order valence-corrected chi connectivity index (χ3v) is 4.28. The summed E-state index contributed by atoms with van der Waals surface area (Å²) in [6.45, 7) is 7.34. The molecule has 5 nitrogen and oxygen atoms in total. The van der Waals surface area contributed by atoms with Gasteiger partial charge in [-0.25, -0.2) is 9.97 Å². The second kappa shape index (κ2) is 6.24. The van der Waals surface area contributed by atoms with Gasteiger partial charge in [0.1, 0.15) is 11.6 Å². The van der Waals surface area contributed by atoms with Gasteiger partial charge < -0.3 is 10.2 Å². The van der Waals surface area contributed by atoms with Crippen molar-refractivity contribution < 1.29 is 4.21 Å². The smallest absolute Gasteiger partial charge is 0.136 e. The van der Waals surface area contributed by atoms with Crippen molar-refractivity contribution in [3.05, 3.63) is 17.6 Å². The quantitative estimate of drug-likeness (QED) is 0.860. The summed E-state index contributed by atoms with van der Waals surface area (Å²) in [6.07, 6.45) is 1.89. The molecule has 1 N–H and O–H groups in total. The Morgan fingerprint density at radius 3 is 2.83 bits per heavy atom. The fraction of sp³-hybridized carbons (Fsp3) is 0.667. The molecule has 0 aromatic carbocycles. The highest BCUT2D eigenvalue weighted by Crippen LogP contribution is 2.18. The summed E-state index contributed by atoms with van der Waals surface area (Å²) >= 11 is 0. The van der Waals surface area contributed by atoms with E-state index in [1.54, 1.807) is 0 Å². The first kappa shape index (κ1) is 13.4. The molecular weight excluding hydrogens is 248 g/mol. The number of aromatic nitrogens is 2. The number of rotatable bonds is 4. The number of anilines is 1. The fourth-order valence-electron chi connectivity index (χ4n) is 1.99. The Balaban J connectivity index is 2.18. The van der Waals surface area contributed by atoms with Crippen molar-refractivity contribution >= 4 is 16.6 Å². The maximum atomic E-state index is 11.4. The molecule has 2 rings (SSSR count). The van der Waals surface area contributed by atoms with Crippen molar-refractivity contribution in [3.63, 3.8) is 0 Å². The zero-order chi connectivity index (χ0) is 13.0. The SMILES string of the molecule is CCNCc1cnc(C)nc1N1CCS(=O)CC1. The third-order valence-electron chi connectivity index (χ3n) is 3.00. The van der Waals surface area contributed by atoms with Gasteiger partial charge in [-0.15, -0.1) is 0 Å². The first-order chi connectivity index (χ1) is 8.70. The molecule has 0 spiro atoms. The van der Waals surface area contributed by atoms with Crippen LogP contribution in [0.25, 0.3) is 0 Å². The molecule has 18 heavy (non-hydrogen) atoms. The third kappa shape index (κ3) is 3.26. The van der Waals surface area contributed by atoms with Crippen LogP contribution < -0.4 is 10.2 Å². The highest BCUT2D eigenvalue weighted by atomic mass is 32.2. The minimum absolute atomic E-state index is 0.653. The average molecular weight is 268 g/mol. The summed E-state index contributed by atoms with van der Waals surface area (Å²) in [7, 11) is -0.653. The summed E-state index contributed by atoms with van der Waals surface area (Å²) in [4.78, 5) is 11.0. The van der Waals surface area contributed by atoms with Crippen LogP contribution in [0.4, 0.5) is 5.82 Å². The van der Waals surface area contributed by atoms with E-state index in [0.717, 1.165) is 54.9 Å². The van der Waals surface area contributed by atoms with E-state index >= 15 is 0 Å². The molecule has 2 heterocycles. The Morgan fingerprint density at radius 2 is 2.17 bits per heavy atom. The van der Waals surface area contributed by atoms with Crippen molar-refractivity contribution in [2.75, 3.05) is 36.0 Å². The molecule has 1 fully saturated rings. The molecule has 0 unspecified atom stereocenters. The minimum Gasteiger partial charge on any atom is -0.354 e. The van der Waals surface area contributed by atoms with E-state index in [4.69, 9.17) is 0 Å². The molecule has 1 aliphatic rings. The molecule has 6 heteroatoms. The lowest BCUT2D eigenvalue weighted by molar-refractivity contribution is 0.669. The lowest BCUT2D eigenvalue weighted by atomic mass is 10.2. The highest BCUT2D eigenvalue weighted by molar-refractivity contribution is 7.85. The number of hydrogen-bond acceptors (Lipinski definition) is 5. The number of nitrogens with zero attached hydrogens (tertiary/aromatic N) is 3. The van der Waals surface area contributed by atoms with Crippen molar-refractivity contribution in [3.8, 4) is 0 Å². The predicted molar refractivity (Wildman–Crippen MR) is 74.2 cm³/mol. The van der Waals surface area contributed by atoms with Gasteiger partial charge >= 0.3 is 0 Å². The van der Waals surface area contributed by atoms with Crippen LogP contribution >= 0.6 is 0 Å². The lowest BCUT2D eigenvalue weighted by Gasteiger charge is -2.29. The summed E-state index contributed by atoms with van der Waals surface area (Å²) < 4.78 is 11.4. The van der Waals surface area contributed by atoms with E-state index in [-0.39, 0.29) is 0 Å². The van der Waals surface area contributed by atoms with E-state index in [0.29, 0.717) is 0 Å². The zero-order valence-corrected chi connectivity index (χ0v) is 11.8. The van der Waals surface area contributed by atoms with Gasteiger partial charge in [-0.1, -0.05) is 6.92 Å². The van der Waals surface area contributed by atoms with Crippen molar-refractivity contribution in [1.82, 2.24) is 15.3 Å². The van der Waals surface area contributed by atoms with Crippen molar-refractivity contribution in [2.24, 2.45) is 0 Å². The van der Waals surface area contributed by atoms with Gasteiger partial charge in [0, 0.05) is 53.7 Å². The molecule has 0 bridgehead atoms. The maximum absolute atomic E-state index is 11.4. The molecule has 1 aromatic rings. The molecule has 0 saturated carbocycles. The van der Waals surface area contributed by atoms with Crippen molar-refractivity contribution in [1.29, 1.82) is 0 Å². The Labute approximate surface area is 110 Å². The number of nitrogens with one attached hydrogen (secondary N) is 1. The Kier molecular flexibility index (Phi) is 4.66. The summed E-state index contributed by atoms with van der Waals surface area (Å²) in [6, 6.07) is 0. The van der Waals surface area contributed by atoms with Crippen LogP contribution in [0.2, 0.25) is 0 Å². The molecule has 0 atom stereocenters. The topological polar surface area (TPSA) is 58.1 Å². The van der Waals surface area contributed by atoms with Crippen LogP contribution in [0.5, 0.6) is 0 Å². The fourth-order valence-corrected chi connectivity index (χ4v) is 3.04. The van der Waals surface area contributed by atoms with E-state index < -0.39 is 10.8 Å². The lowest BCUT2D eigenvalue weighted by Crippen LogP contribution is -2.39. The van der Waals surface area contributed by atoms with Gasteiger partial charge in [-0.3, -0.25) is 4.21 Å². The van der Waals surface area contributed by atoms with E-state index in [9.17, 15) is 4.21 Å². The number of aryl methyl sites for hydroxylation is 1. The van der Waals surface area contributed by atoms with Crippen LogP contribution in [0.1, 0.15) is 18.3 Å². The van der Waals surface area contributed by atoms with Crippen LogP contribution in [0, 0.1) is 6.92 Å². The van der Waals surface area contributed by atoms with E-state index in [2.05, 4.69) is 27.1 Å². The summed E-state index contributed by atoms with van der Waals surface area (Å²) in [5.41, 5.74) is 1.12. The normalized spacial score (nSPS) is 17.1. The van der Waals surface area contributed by atoms with Gasteiger partial charge in [-0.05, 0) is 13.5 Å². The van der Waals surface area contributed by atoms with Crippen molar-refractivity contribution in [2.45, 2.75) is 20.4 Å². The Morgan fingerprint density at radius 1 is 1.44 bits per heavy atom. The van der Waals surface area contributed by atoms with Crippen LogP contribution in [-0.4, -0.2) is 45.3 Å². The van der Waals surface area contributed by atoms with Gasteiger partial charge in [0.2, 0.25) is 0 Å². The summed E-state index contributed by atoms with van der Waals surface area (Å²) in [5, 5.41) is 3.31. The molecular formula is C12H20N4OS. The van der Waals surface area contributed by atoms with E-state index in [1.807, 2.05) is 13.1 Å². The molecule has 1 saturated heterocycles. The van der Waals surface area contributed by atoms with Crippen LogP contribution in [0.3, 0.4) is 0 Å². The standard InChI is InChI=1S/C12H20N4OS/c1-3-13-8-11-9-14-10(2)15-12(11)16-4-6-18(17)7-5-16/h9,13H,3-8H2,1-2H3.